The summed E-state index contributed by atoms with van der Waals surface area (Å²) in [4.78, 5) is 2.60. The Morgan fingerprint density at radius 1 is 1.11 bits per heavy atom. The monoisotopic (exact) mass is 246 g/mol. The summed E-state index contributed by atoms with van der Waals surface area (Å²) in [6.45, 7) is 11.5. The van der Waals surface area contributed by atoms with Crippen LogP contribution < -0.4 is 5.32 Å². The number of rotatable bonds is 4. The molecule has 2 atom stereocenters. The maximum Gasteiger partial charge on any atom is 0.0233 e. The van der Waals surface area contributed by atoms with Crippen LogP contribution in [0.4, 0.5) is 0 Å². The zero-order chi connectivity index (χ0) is 13.0. The number of piperidine rings is 1. The molecule has 2 nitrogen and oxygen atoms in total. The largest absolute Gasteiger partial charge is 0.314 e. The first-order valence-corrected chi connectivity index (χ1v) is 7.20. The van der Waals surface area contributed by atoms with E-state index in [1.807, 2.05) is 0 Å². The van der Waals surface area contributed by atoms with Crippen LogP contribution in [0.5, 0.6) is 0 Å². The Bertz CT molecular complexity index is 337. The van der Waals surface area contributed by atoms with E-state index in [1.54, 1.807) is 0 Å². The summed E-state index contributed by atoms with van der Waals surface area (Å²) < 4.78 is 0. The third-order valence-corrected chi connectivity index (χ3v) is 4.01. The first-order valence-electron chi connectivity index (χ1n) is 7.20. The van der Waals surface area contributed by atoms with Gasteiger partial charge in [-0.15, -0.1) is 0 Å². The van der Waals surface area contributed by atoms with Gasteiger partial charge in [0, 0.05) is 25.7 Å². The molecule has 0 unspecified atom stereocenters. The van der Waals surface area contributed by atoms with Gasteiger partial charge in [0.15, 0.2) is 0 Å². The van der Waals surface area contributed by atoms with Gasteiger partial charge in [-0.2, -0.15) is 0 Å². The van der Waals surface area contributed by atoms with Gasteiger partial charge in [-0.05, 0) is 23.9 Å². The van der Waals surface area contributed by atoms with Crippen molar-refractivity contribution in [3.05, 3.63) is 35.9 Å². The van der Waals surface area contributed by atoms with Gasteiger partial charge >= 0.3 is 0 Å². The number of hydrogen-bond donors (Lipinski definition) is 1. The van der Waals surface area contributed by atoms with E-state index in [-0.39, 0.29) is 0 Å². The van der Waals surface area contributed by atoms with Crippen molar-refractivity contribution >= 4 is 0 Å². The van der Waals surface area contributed by atoms with E-state index in [1.165, 1.54) is 18.7 Å². The molecule has 1 fully saturated rings. The van der Waals surface area contributed by atoms with Crippen molar-refractivity contribution in [3.63, 3.8) is 0 Å². The Labute approximate surface area is 111 Å². The average molecular weight is 246 g/mol. The standard InChI is InChI=1S/C16H26N2/c1-4-17-16-13(2)10-18(11-14(16)3)12-15-8-6-5-7-9-15/h5-9,13-14,16-17H,4,10-12H2,1-3H3/t13-,14-/m1/s1. The van der Waals surface area contributed by atoms with Crippen molar-refractivity contribution in [3.8, 4) is 0 Å². The molecule has 0 radical (unpaired) electrons. The highest BCUT2D eigenvalue weighted by Crippen LogP contribution is 2.23. The molecule has 0 spiro atoms. The summed E-state index contributed by atoms with van der Waals surface area (Å²) in [6.07, 6.45) is 0. The third-order valence-electron chi connectivity index (χ3n) is 4.01. The molecule has 2 rings (SSSR count). The summed E-state index contributed by atoms with van der Waals surface area (Å²) >= 11 is 0. The lowest BCUT2D eigenvalue weighted by Gasteiger charge is -2.41. The Hall–Kier alpha value is -0.860. The van der Waals surface area contributed by atoms with Crippen LogP contribution in [-0.4, -0.2) is 30.6 Å². The zero-order valence-electron chi connectivity index (χ0n) is 11.9. The highest BCUT2D eigenvalue weighted by atomic mass is 15.2. The van der Waals surface area contributed by atoms with Gasteiger partial charge in [-0.1, -0.05) is 51.1 Å². The van der Waals surface area contributed by atoms with E-state index in [4.69, 9.17) is 0 Å². The lowest BCUT2D eigenvalue weighted by molar-refractivity contribution is 0.0958. The van der Waals surface area contributed by atoms with Crippen molar-refractivity contribution in [2.24, 2.45) is 11.8 Å². The molecule has 18 heavy (non-hydrogen) atoms. The fraction of sp³-hybridized carbons (Fsp3) is 0.625. The van der Waals surface area contributed by atoms with Crippen LogP contribution in [0.25, 0.3) is 0 Å². The molecule has 1 aromatic carbocycles. The van der Waals surface area contributed by atoms with Crippen LogP contribution in [-0.2, 0) is 6.54 Å². The van der Waals surface area contributed by atoms with Gasteiger partial charge in [0.05, 0.1) is 0 Å². The van der Waals surface area contributed by atoms with Crippen LogP contribution in [0.1, 0.15) is 26.3 Å². The molecule has 0 aliphatic carbocycles. The fourth-order valence-corrected chi connectivity index (χ4v) is 3.29. The van der Waals surface area contributed by atoms with Crippen LogP contribution in [0.2, 0.25) is 0 Å². The van der Waals surface area contributed by atoms with Gasteiger partial charge in [0.25, 0.3) is 0 Å². The molecular weight excluding hydrogens is 220 g/mol. The molecule has 0 aromatic heterocycles. The van der Waals surface area contributed by atoms with Crippen molar-refractivity contribution in [1.29, 1.82) is 0 Å². The molecular formula is C16H26N2. The Morgan fingerprint density at radius 2 is 1.72 bits per heavy atom. The van der Waals surface area contributed by atoms with Crippen molar-refractivity contribution in [1.82, 2.24) is 10.2 Å². The maximum absolute atomic E-state index is 3.64. The minimum Gasteiger partial charge on any atom is -0.314 e. The van der Waals surface area contributed by atoms with E-state index in [2.05, 4.69) is 61.3 Å². The smallest absolute Gasteiger partial charge is 0.0233 e. The van der Waals surface area contributed by atoms with Crippen molar-refractivity contribution in [2.45, 2.75) is 33.4 Å². The van der Waals surface area contributed by atoms with Gasteiger partial charge in [-0.25, -0.2) is 0 Å². The van der Waals surface area contributed by atoms with Crippen LogP contribution in [0, 0.1) is 11.8 Å². The van der Waals surface area contributed by atoms with Gasteiger partial charge in [-0.3, -0.25) is 4.90 Å². The first kappa shape index (κ1) is 13.6. The topological polar surface area (TPSA) is 15.3 Å². The molecule has 0 bridgehead atoms. The number of nitrogens with zero attached hydrogens (tertiary/aromatic N) is 1. The van der Waals surface area contributed by atoms with Gasteiger partial charge in [0.1, 0.15) is 0 Å². The molecule has 100 valence electrons. The quantitative estimate of drug-likeness (QED) is 0.879. The molecule has 0 amide bonds. The van der Waals surface area contributed by atoms with Crippen LogP contribution >= 0.6 is 0 Å². The number of hydrogen-bond acceptors (Lipinski definition) is 2. The molecule has 1 heterocycles. The molecule has 1 saturated heterocycles. The maximum atomic E-state index is 3.64. The summed E-state index contributed by atoms with van der Waals surface area (Å²) in [5.41, 5.74) is 1.43. The second kappa shape index (κ2) is 6.35. The highest BCUT2D eigenvalue weighted by Gasteiger charge is 2.30. The fourth-order valence-electron chi connectivity index (χ4n) is 3.29. The minimum atomic E-state index is 0.682. The number of nitrogens with one attached hydrogen (secondary N) is 1. The zero-order valence-corrected chi connectivity index (χ0v) is 11.9. The van der Waals surface area contributed by atoms with Crippen molar-refractivity contribution in [2.75, 3.05) is 19.6 Å². The summed E-state index contributed by atoms with van der Waals surface area (Å²) in [7, 11) is 0. The minimum absolute atomic E-state index is 0.682. The predicted octanol–water partition coefficient (Wildman–Crippen LogP) is 2.75. The Balaban J connectivity index is 1.93. The second-order valence-electron chi connectivity index (χ2n) is 5.72. The molecule has 1 aromatic rings. The molecule has 1 N–H and O–H groups in total. The summed E-state index contributed by atoms with van der Waals surface area (Å²) in [5, 5.41) is 3.64. The van der Waals surface area contributed by atoms with Crippen molar-refractivity contribution < 1.29 is 0 Å². The summed E-state index contributed by atoms with van der Waals surface area (Å²) in [5.74, 6) is 1.47. The molecule has 2 heteroatoms. The second-order valence-corrected chi connectivity index (χ2v) is 5.72. The van der Waals surface area contributed by atoms with E-state index >= 15 is 0 Å². The van der Waals surface area contributed by atoms with E-state index in [0.29, 0.717) is 6.04 Å². The Morgan fingerprint density at radius 3 is 2.28 bits per heavy atom. The lowest BCUT2D eigenvalue weighted by atomic mass is 9.85. The average Bonchev–Trinajstić information content (AvgIpc) is 2.35. The normalized spacial score (nSPS) is 26.4. The highest BCUT2D eigenvalue weighted by molar-refractivity contribution is 5.14. The molecule has 1 aliphatic rings. The van der Waals surface area contributed by atoms with Crippen LogP contribution in [0.15, 0.2) is 30.3 Å². The first-order chi connectivity index (χ1) is 8.70. The molecule has 1 aliphatic heterocycles. The number of likely N-dealkylation sites (tertiary alicyclic amines) is 1. The van der Waals surface area contributed by atoms with E-state index in [0.717, 1.165) is 24.9 Å². The Kier molecular flexibility index (Phi) is 4.79. The SMILES string of the molecule is CCNC1[C@H](C)CN(Cc2ccccc2)C[C@H]1C. The van der Waals surface area contributed by atoms with E-state index < -0.39 is 0 Å². The van der Waals surface area contributed by atoms with E-state index in [9.17, 15) is 0 Å². The predicted molar refractivity (Wildman–Crippen MR) is 77.5 cm³/mol. The molecule has 0 saturated carbocycles. The lowest BCUT2D eigenvalue weighted by Crippen LogP contribution is -2.53. The summed E-state index contributed by atoms with van der Waals surface area (Å²) in [6, 6.07) is 11.5. The van der Waals surface area contributed by atoms with Gasteiger partial charge in [0.2, 0.25) is 0 Å². The number of benzene rings is 1. The van der Waals surface area contributed by atoms with Crippen LogP contribution in [0.3, 0.4) is 0 Å². The third kappa shape index (κ3) is 3.33. The van der Waals surface area contributed by atoms with Gasteiger partial charge < -0.3 is 5.32 Å².